The molecule has 0 aliphatic rings. The molecule has 0 saturated heterocycles. The lowest BCUT2D eigenvalue weighted by molar-refractivity contribution is 0.102. The van der Waals surface area contributed by atoms with E-state index < -0.39 is 0 Å². The highest BCUT2D eigenvalue weighted by molar-refractivity contribution is 7.18. The minimum atomic E-state index is -0.174. The largest absolute Gasteiger partial charge is 0.298 e. The number of thiazole rings is 1. The molecular formula is C20H16N4OS. The van der Waals surface area contributed by atoms with Gasteiger partial charge in [-0.05, 0) is 19.1 Å². The van der Waals surface area contributed by atoms with Gasteiger partial charge in [-0.3, -0.25) is 14.7 Å². The van der Waals surface area contributed by atoms with Gasteiger partial charge < -0.3 is 0 Å². The molecule has 4 rings (SSSR count). The Morgan fingerprint density at radius 1 is 1.04 bits per heavy atom. The van der Waals surface area contributed by atoms with Crippen LogP contribution < -0.4 is 5.32 Å². The van der Waals surface area contributed by atoms with Crippen molar-refractivity contribution in [3.05, 3.63) is 84.4 Å². The molecule has 5 nitrogen and oxygen atoms in total. The fraction of sp³-hybridized carbons (Fsp3) is 0.0500. The van der Waals surface area contributed by atoms with Crippen LogP contribution in [0.15, 0.2) is 73.2 Å². The topological polar surface area (TPSA) is 59.8 Å². The van der Waals surface area contributed by atoms with E-state index in [4.69, 9.17) is 0 Å². The number of benzene rings is 2. The smallest absolute Gasteiger partial charge is 0.257 e. The number of carbonyl (C=O) groups is 1. The van der Waals surface area contributed by atoms with Crippen LogP contribution in [-0.2, 0) is 0 Å². The average Bonchev–Trinajstić information content (AvgIpc) is 3.29. The van der Waals surface area contributed by atoms with Crippen molar-refractivity contribution in [2.75, 3.05) is 5.32 Å². The molecule has 1 amide bonds. The number of imidazole rings is 1. The summed E-state index contributed by atoms with van der Waals surface area (Å²) in [7, 11) is 0. The molecule has 0 radical (unpaired) electrons. The monoisotopic (exact) mass is 360 g/mol. The molecule has 0 bridgehead atoms. The molecule has 0 unspecified atom stereocenters. The summed E-state index contributed by atoms with van der Waals surface area (Å²) in [6.07, 6.45) is 3.71. The predicted octanol–water partition coefficient (Wildman–Crippen LogP) is 4.56. The number of amides is 1. The number of nitrogens with zero attached hydrogens (tertiary/aromatic N) is 3. The SMILES string of the molecule is Cc1cn(-c2sc(NC(=O)c3ccccc3)nc2-c2ccccc2)cn1. The summed E-state index contributed by atoms with van der Waals surface area (Å²) in [6.45, 7) is 1.94. The van der Waals surface area contributed by atoms with E-state index >= 15 is 0 Å². The van der Waals surface area contributed by atoms with E-state index in [1.807, 2.05) is 66.2 Å². The van der Waals surface area contributed by atoms with E-state index in [2.05, 4.69) is 15.3 Å². The van der Waals surface area contributed by atoms with Gasteiger partial charge >= 0.3 is 0 Å². The van der Waals surface area contributed by atoms with Crippen molar-refractivity contribution < 1.29 is 4.79 Å². The quantitative estimate of drug-likeness (QED) is 0.580. The van der Waals surface area contributed by atoms with Gasteiger partial charge in [-0.25, -0.2) is 9.97 Å². The molecule has 2 aromatic carbocycles. The Balaban J connectivity index is 1.73. The van der Waals surface area contributed by atoms with E-state index in [-0.39, 0.29) is 5.91 Å². The van der Waals surface area contributed by atoms with E-state index in [1.54, 1.807) is 18.5 Å². The predicted molar refractivity (Wildman–Crippen MR) is 104 cm³/mol. The molecule has 0 fully saturated rings. The number of carbonyl (C=O) groups excluding carboxylic acids is 1. The minimum absolute atomic E-state index is 0.174. The second-order valence-electron chi connectivity index (χ2n) is 5.78. The summed E-state index contributed by atoms with van der Waals surface area (Å²) in [5.74, 6) is -0.174. The van der Waals surface area contributed by atoms with Crippen molar-refractivity contribution >= 4 is 22.4 Å². The lowest BCUT2D eigenvalue weighted by Crippen LogP contribution is -2.11. The number of aromatic nitrogens is 3. The van der Waals surface area contributed by atoms with Gasteiger partial charge in [0.2, 0.25) is 0 Å². The first-order valence-electron chi connectivity index (χ1n) is 8.14. The maximum atomic E-state index is 12.4. The summed E-state index contributed by atoms with van der Waals surface area (Å²) in [5.41, 5.74) is 3.33. The zero-order chi connectivity index (χ0) is 17.9. The highest BCUT2D eigenvalue weighted by Crippen LogP contribution is 2.34. The Kier molecular flexibility index (Phi) is 4.33. The molecule has 0 spiro atoms. The zero-order valence-electron chi connectivity index (χ0n) is 14.1. The highest BCUT2D eigenvalue weighted by Gasteiger charge is 2.17. The Hall–Kier alpha value is -3.25. The third kappa shape index (κ3) is 3.27. The van der Waals surface area contributed by atoms with E-state index in [0.717, 1.165) is 22.0 Å². The van der Waals surface area contributed by atoms with Crippen LogP contribution >= 0.6 is 11.3 Å². The van der Waals surface area contributed by atoms with Crippen LogP contribution in [0.1, 0.15) is 16.1 Å². The lowest BCUT2D eigenvalue weighted by atomic mass is 10.2. The molecule has 128 valence electrons. The van der Waals surface area contributed by atoms with Gasteiger partial charge in [-0.2, -0.15) is 0 Å². The maximum absolute atomic E-state index is 12.4. The van der Waals surface area contributed by atoms with Crippen LogP contribution in [0, 0.1) is 6.92 Å². The molecule has 0 atom stereocenters. The summed E-state index contributed by atoms with van der Waals surface area (Å²) in [5, 5.41) is 4.37. The Bertz CT molecular complexity index is 1040. The molecule has 4 aromatic rings. The summed E-state index contributed by atoms with van der Waals surface area (Å²) in [6, 6.07) is 19.0. The van der Waals surface area contributed by atoms with Crippen LogP contribution in [0.3, 0.4) is 0 Å². The van der Waals surface area contributed by atoms with Crippen LogP contribution in [0.2, 0.25) is 0 Å². The fourth-order valence-electron chi connectivity index (χ4n) is 2.62. The molecule has 0 aliphatic carbocycles. The third-order valence-corrected chi connectivity index (χ3v) is 4.84. The Morgan fingerprint density at radius 2 is 1.73 bits per heavy atom. The van der Waals surface area contributed by atoms with Gasteiger partial charge in [0.1, 0.15) is 17.0 Å². The van der Waals surface area contributed by atoms with Crippen molar-refractivity contribution in [3.63, 3.8) is 0 Å². The minimum Gasteiger partial charge on any atom is -0.298 e. The fourth-order valence-corrected chi connectivity index (χ4v) is 3.54. The maximum Gasteiger partial charge on any atom is 0.257 e. The third-order valence-electron chi connectivity index (χ3n) is 3.86. The first kappa shape index (κ1) is 16.2. The molecule has 26 heavy (non-hydrogen) atoms. The normalized spacial score (nSPS) is 10.7. The summed E-state index contributed by atoms with van der Waals surface area (Å²) in [4.78, 5) is 21.4. The number of hydrogen-bond acceptors (Lipinski definition) is 4. The van der Waals surface area contributed by atoms with Crippen molar-refractivity contribution in [2.45, 2.75) is 6.92 Å². The van der Waals surface area contributed by atoms with Crippen LogP contribution in [-0.4, -0.2) is 20.4 Å². The Labute approximate surface area is 155 Å². The summed E-state index contributed by atoms with van der Waals surface area (Å²) >= 11 is 1.42. The van der Waals surface area contributed by atoms with Crippen molar-refractivity contribution in [1.82, 2.24) is 14.5 Å². The van der Waals surface area contributed by atoms with E-state index in [9.17, 15) is 4.79 Å². The first-order chi connectivity index (χ1) is 12.7. The van der Waals surface area contributed by atoms with E-state index in [1.165, 1.54) is 11.3 Å². The zero-order valence-corrected chi connectivity index (χ0v) is 14.9. The van der Waals surface area contributed by atoms with Gasteiger partial charge in [0.25, 0.3) is 5.91 Å². The average molecular weight is 360 g/mol. The standard InChI is InChI=1S/C20H16N4OS/c1-14-12-24(13-21-14)19-17(15-8-4-2-5-9-15)22-20(26-19)23-18(25)16-10-6-3-7-11-16/h2-13H,1H3,(H,22,23,25). The van der Waals surface area contributed by atoms with Crippen molar-refractivity contribution in [3.8, 4) is 16.3 Å². The first-order valence-corrected chi connectivity index (χ1v) is 8.96. The number of aryl methyl sites for hydroxylation is 1. The molecule has 1 N–H and O–H groups in total. The van der Waals surface area contributed by atoms with Gasteiger partial charge in [0, 0.05) is 17.3 Å². The van der Waals surface area contributed by atoms with Crippen LogP contribution in [0.4, 0.5) is 5.13 Å². The molecule has 6 heteroatoms. The molecule has 0 saturated carbocycles. The van der Waals surface area contributed by atoms with Gasteiger partial charge in [0.05, 0.1) is 5.69 Å². The van der Waals surface area contributed by atoms with Crippen molar-refractivity contribution in [2.24, 2.45) is 0 Å². The second-order valence-corrected chi connectivity index (χ2v) is 6.76. The molecule has 2 heterocycles. The van der Waals surface area contributed by atoms with Gasteiger partial charge in [0.15, 0.2) is 5.13 Å². The highest BCUT2D eigenvalue weighted by atomic mass is 32.1. The van der Waals surface area contributed by atoms with Crippen LogP contribution in [0.25, 0.3) is 16.3 Å². The van der Waals surface area contributed by atoms with Gasteiger partial charge in [-0.1, -0.05) is 59.9 Å². The van der Waals surface area contributed by atoms with Crippen LogP contribution in [0.5, 0.6) is 0 Å². The van der Waals surface area contributed by atoms with Crippen molar-refractivity contribution in [1.29, 1.82) is 0 Å². The summed E-state index contributed by atoms with van der Waals surface area (Å²) < 4.78 is 1.94. The van der Waals surface area contributed by atoms with E-state index in [0.29, 0.717) is 10.7 Å². The molecule has 2 aromatic heterocycles. The van der Waals surface area contributed by atoms with Gasteiger partial charge in [-0.15, -0.1) is 0 Å². The lowest BCUT2D eigenvalue weighted by Gasteiger charge is -2.02. The number of nitrogens with one attached hydrogen (secondary N) is 1. The number of anilines is 1. The Morgan fingerprint density at radius 3 is 2.38 bits per heavy atom. The molecular weight excluding hydrogens is 344 g/mol. The second kappa shape index (κ2) is 6.93. The number of rotatable bonds is 4. The number of hydrogen-bond donors (Lipinski definition) is 1. The molecule has 0 aliphatic heterocycles.